The Morgan fingerprint density at radius 2 is 1.86 bits per heavy atom. The summed E-state index contributed by atoms with van der Waals surface area (Å²) in [5.74, 6) is 1.77. The Labute approximate surface area is 127 Å². The predicted octanol–water partition coefficient (Wildman–Crippen LogP) is 2.65. The lowest BCUT2D eigenvalue weighted by atomic mass is 9.86. The molecule has 4 nitrogen and oxygen atoms in total. The van der Waals surface area contributed by atoms with E-state index >= 15 is 0 Å². The Kier molecular flexibility index (Phi) is 4.40. The number of pyridine rings is 1. The molecule has 1 aliphatic heterocycles. The number of nitrogens with zero attached hydrogens (tertiary/aromatic N) is 4. The van der Waals surface area contributed by atoms with Crippen LogP contribution in [0, 0.1) is 17.2 Å². The van der Waals surface area contributed by atoms with Gasteiger partial charge in [0, 0.05) is 38.4 Å². The van der Waals surface area contributed by atoms with Crippen molar-refractivity contribution in [2.24, 2.45) is 5.92 Å². The maximum Gasteiger partial charge on any atom is 0.146 e. The molecular formula is C17H24N4. The zero-order valence-corrected chi connectivity index (χ0v) is 12.8. The van der Waals surface area contributed by atoms with Gasteiger partial charge in [0.15, 0.2) is 0 Å². The fraction of sp³-hybridized carbons (Fsp3) is 0.647. The lowest BCUT2D eigenvalue weighted by Gasteiger charge is -2.42. The molecular weight excluding hydrogens is 260 g/mol. The number of hydrogen-bond acceptors (Lipinski definition) is 4. The summed E-state index contributed by atoms with van der Waals surface area (Å²) in [5, 5.41) is 9.20. The van der Waals surface area contributed by atoms with E-state index in [4.69, 9.17) is 0 Å². The number of rotatable bonds is 2. The molecule has 0 radical (unpaired) electrons. The first-order chi connectivity index (χ1) is 10.3. The molecule has 0 aromatic carbocycles. The molecule has 1 saturated heterocycles. The van der Waals surface area contributed by atoms with Crippen LogP contribution in [0.1, 0.15) is 38.2 Å². The Bertz CT molecular complexity index is 506. The van der Waals surface area contributed by atoms with Crippen molar-refractivity contribution in [3.63, 3.8) is 0 Å². The van der Waals surface area contributed by atoms with Crippen LogP contribution in [0.15, 0.2) is 18.3 Å². The molecule has 1 aromatic rings. The van der Waals surface area contributed by atoms with Gasteiger partial charge in [0.2, 0.25) is 0 Å². The van der Waals surface area contributed by atoms with E-state index in [0.29, 0.717) is 5.56 Å². The molecule has 0 atom stereocenters. The van der Waals surface area contributed by atoms with E-state index in [0.717, 1.165) is 44.0 Å². The summed E-state index contributed by atoms with van der Waals surface area (Å²) in [4.78, 5) is 9.32. The smallest absolute Gasteiger partial charge is 0.146 e. The van der Waals surface area contributed by atoms with Crippen LogP contribution in [0.2, 0.25) is 0 Å². The fourth-order valence-corrected chi connectivity index (χ4v) is 3.64. The van der Waals surface area contributed by atoms with E-state index < -0.39 is 0 Å². The first kappa shape index (κ1) is 14.3. The highest BCUT2D eigenvalue weighted by Crippen LogP contribution is 2.28. The minimum Gasteiger partial charge on any atom is -0.353 e. The van der Waals surface area contributed by atoms with Gasteiger partial charge in [0.1, 0.15) is 11.9 Å². The Balaban J connectivity index is 1.59. The van der Waals surface area contributed by atoms with Crippen LogP contribution < -0.4 is 4.90 Å². The lowest BCUT2D eigenvalue weighted by molar-refractivity contribution is 0.132. The van der Waals surface area contributed by atoms with Gasteiger partial charge in [0.05, 0.1) is 5.56 Å². The van der Waals surface area contributed by atoms with Crippen molar-refractivity contribution in [2.75, 3.05) is 31.1 Å². The summed E-state index contributed by atoms with van der Waals surface area (Å²) in [7, 11) is 0. The highest BCUT2D eigenvalue weighted by Gasteiger charge is 2.27. The lowest BCUT2D eigenvalue weighted by Crippen LogP contribution is -2.51. The summed E-state index contributed by atoms with van der Waals surface area (Å²) in [5.41, 5.74) is 0.692. The maximum atomic E-state index is 9.20. The van der Waals surface area contributed by atoms with Crippen molar-refractivity contribution in [2.45, 2.75) is 38.6 Å². The van der Waals surface area contributed by atoms with E-state index in [-0.39, 0.29) is 0 Å². The topological polar surface area (TPSA) is 43.2 Å². The van der Waals surface area contributed by atoms with Crippen LogP contribution >= 0.6 is 0 Å². The molecule has 0 bridgehead atoms. The van der Waals surface area contributed by atoms with Crippen LogP contribution in [0.3, 0.4) is 0 Å². The quantitative estimate of drug-likeness (QED) is 0.837. The monoisotopic (exact) mass is 284 g/mol. The molecule has 4 heteroatoms. The number of hydrogen-bond donors (Lipinski definition) is 0. The number of nitriles is 1. The molecule has 1 saturated carbocycles. The molecule has 0 N–H and O–H groups in total. The van der Waals surface area contributed by atoms with Crippen molar-refractivity contribution in [3.8, 4) is 6.07 Å². The highest BCUT2D eigenvalue weighted by molar-refractivity contribution is 5.53. The molecule has 1 aromatic heterocycles. The Hall–Kier alpha value is -1.60. The molecule has 0 spiro atoms. The number of aromatic nitrogens is 1. The second-order valence-electron chi connectivity index (χ2n) is 6.42. The van der Waals surface area contributed by atoms with Crippen molar-refractivity contribution in [3.05, 3.63) is 23.9 Å². The van der Waals surface area contributed by atoms with Crippen LogP contribution in [-0.2, 0) is 0 Å². The SMILES string of the molecule is CC1CCC(N2CCN(c3ncccc3C#N)CC2)CC1. The summed E-state index contributed by atoms with van der Waals surface area (Å²) >= 11 is 0. The summed E-state index contributed by atoms with van der Waals surface area (Å²) in [6, 6.07) is 6.73. The van der Waals surface area contributed by atoms with E-state index in [1.54, 1.807) is 6.20 Å². The van der Waals surface area contributed by atoms with Crippen molar-refractivity contribution < 1.29 is 0 Å². The van der Waals surface area contributed by atoms with Gasteiger partial charge in [-0.2, -0.15) is 5.26 Å². The summed E-state index contributed by atoms with van der Waals surface area (Å²) in [6.45, 7) is 6.54. The molecule has 3 rings (SSSR count). The molecule has 21 heavy (non-hydrogen) atoms. The number of piperazine rings is 1. The Morgan fingerprint density at radius 1 is 1.14 bits per heavy atom. The first-order valence-corrected chi connectivity index (χ1v) is 8.12. The van der Waals surface area contributed by atoms with E-state index in [2.05, 4.69) is 27.8 Å². The fourth-order valence-electron chi connectivity index (χ4n) is 3.64. The molecule has 0 unspecified atom stereocenters. The van der Waals surface area contributed by atoms with E-state index in [1.165, 1.54) is 25.7 Å². The van der Waals surface area contributed by atoms with Gasteiger partial charge >= 0.3 is 0 Å². The molecule has 2 fully saturated rings. The van der Waals surface area contributed by atoms with E-state index in [9.17, 15) is 5.26 Å². The largest absolute Gasteiger partial charge is 0.353 e. The van der Waals surface area contributed by atoms with Gasteiger partial charge in [-0.05, 0) is 43.7 Å². The second kappa shape index (κ2) is 6.44. The zero-order chi connectivity index (χ0) is 14.7. The molecule has 2 aliphatic rings. The van der Waals surface area contributed by atoms with Crippen molar-refractivity contribution >= 4 is 5.82 Å². The Morgan fingerprint density at radius 3 is 2.52 bits per heavy atom. The average molecular weight is 284 g/mol. The van der Waals surface area contributed by atoms with Crippen LogP contribution in [-0.4, -0.2) is 42.1 Å². The van der Waals surface area contributed by atoms with Gasteiger partial charge < -0.3 is 4.90 Å². The van der Waals surface area contributed by atoms with Crippen molar-refractivity contribution in [1.82, 2.24) is 9.88 Å². The van der Waals surface area contributed by atoms with Crippen molar-refractivity contribution in [1.29, 1.82) is 5.26 Å². The second-order valence-corrected chi connectivity index (χ2v) is 6.42. The minimum atomic E-state index is 0.692. The van der Waals surface area contributed by atoms with Crippen LogP contribution in [0.5, 0.6) is 0 Å². The third kappa shape index (κ3) is 3.19. The third-order valence-corrected chi connectivity index (χ3v) is 5.02. The van der Waals surface area contributed by atoms with Crippen LogP contribution in [0.4, 0.5) is 5.82 Å². The summed E-state index contributed by atoms with van der Waals surface area (Å²) < 4.78 is 0. The van der Waals surface area contributed by atoms with Gasteiger partial charge in [-0.25, -0.2) is 4.98 Å². The predicted molar refractivity (Wildman–Crippen MR) is 84.2 cm³/mol. The maximum absolute atomic E-state index is 9.20. The molecule has 2 heterocycles. The minimum absolute atomic E-state index is 0.692. The zero-order valence-electron chi connectivity index (χ0n) is 12.8. The third-order valence-electron chi connectivity index (χ3n) is 5.02. The normalized spacial score (nSPS) is 27.3. The number of anilines is 1. The molecule has 112 valence electrons. The first-order valence-electron chi connectivity index (χ1n) is 8.12. The van der Waals surface area contributed by atoms with Gasteiger partial charge in [-0.15, -0.1) is 0 Å². The summed E-state index contributed by atoms with van der Waals surface area (Å²) in [6.07, 6.45) is 7.25. The van der Waals surface area contributed by atoms with Gasteiger partial charge in [-0.3, -0.25) is 4.90 Å². The van der Waals surface area contributed by atoms with Crippen LogP contribution in [0.25, 0.3) is 0 Å². The van der Waals surface area contributed by atoms with Gasteiger partial charge in [-0.1, -0.05) is 6.92 Å². The average Bonchev–Trinajstić information content (AvgIpc) is 2.56. The van der Waals surface area contributed by atoms with Gasteiger partial charge in [0.25, 0.3) is 0 Å². The molecule has 0 amide bonds. The highest BCUT2D eigenvalue weighted by atomic mass is 15.3. The molecule has 1 aliphatic carbocycles. The van der Waals surface area contributed by atoms with E-state index in [1.807, 2.05) is 12.1 Å². The standard InChI is InChI=1S/C17H24N4/c1-14-4-6-16(7-5-14)20-9-11-21(12-10-20)17-15(13-18)3-2-8-19-17/h2-3,8,14,16H,4-7,9-12H2,1H3.